The fourth-order valence-corrected chi connectivity index (χ4v) is 3.62. The van der Waals surface area contributed by atoms with Crippen LogP contribution in [-0.2, 0) is 10.3 Å². The Hall–Kier alpha value is -2.45. The summed E-state index contributed by atoms with van der Waals surface area (Å²) in [6.45, 7) is 6.42. The lowest BCUT2D eigenvalue weighted by Crippen LogP contribution is -2.43. The van der Waals surface area contributed by atoms with Crippen molar-refractivity contribution in [1.29, 1.82) is 0 Å². The van der Waals surface area contributed by atoms with E-state index in [0.29, 0.717) is 12.4 Å². The molecular weight excluding hydrogens is 350 g/mol. The fourth-order valence-electron chi connectivity index (χ4n) is 2.59. The zero-order valence-corrected chi connectivity index (χ0v) is 16.1. The second-order valence-electron chi connectivity index (χ2n) is 6.68. The Bertz CT molecular complexity index is 869. The van der Waals surface area contributed by atoms with Crippen molar-refractivity contribution >= 4 is 33.4 Å². The van der Waals surface area contributed by atoms with Gasteiger partial charge in [-0.2, -0.15) is 5.10 Å². The zero-order chi connectivity index (χ0) is 18.7. The smallest absolute Gasteiger partial charge is 0.321 e. The molecule has 0 bridgehead atoms. The lowest BCUT2D eigenvalue weighted by molar-refractivity contribution is 0.157. The molecular formula is C18H23N5O2S. The second kappa shape index (κ2) is 7.43. The lowest BCUT2D eigenvalue weighted by Gasteiger charge is -2.23. The third-order valence-corrected chi connectivity index (χ3v) is 5.32. The number of hydrogen-bond acceptors (Lipinski definition) is 5. The molecule has 1 atom stereocenters. The van der Waals surface area contributed by atoms with Gasteiger partial charge < -0.3 is 10.1 Å². The van der Waals surface area contributed by atoms with Gasteiger partial charge in [0.2, 0.25) is 0 Å². The molecule has 1 aromatic carbocycles. The van der Waals surface area contributed by atoms with Crippen molar-refractivity contribution in [2.75, 3.05) is 19.0 Å². The van der Waals surface area contributed by atoms with Gasteiger partial charge in [-0.05, 0) is 32.9 Å². The van der Waals surface area contributed by atoms with Crippen molar-refractivity contribution < 1.29 is 9.53 Å². The predicted molar refractivity (Wildman–Crippen MR) is 104 cm³/mol. The Kier molecular flexibility index (Phi) is 5.24. The van der Waals surface area contributed by atoms with E-state index in [-0.39, 0.29) is 12.1 Å². The van der Waals surface area contributed by atoms with Gasteiger partial charge in [-0.3, -0.25) is 10.00 Å². The number of methoxy groups -OCH3 is 1. The SMILES string of the molecule is COC[C@H](C)n1ccc(NC(=O)NC(C)(C)c2nc3ccccc3s2)n1. The van der Waals surface area contributed by atoms with Crippen LogP contribution in [0.25, 0.3) is 10.2 Å². The minimum atomic E-state index is -0.598. The second-order valence-corrected chi connectivity index (χ2v) is 7.71. The maximum absolute atomic E-state index is 12.4. The number of rotatable bonds is 6. The average Bonchev–Trinajstić information content (AvgIpc) is 3.21. The molecule has 0 unspecified atom stereocenters. The van der Waals surface area contributed by atoms with E-state index in [9.17, 15) is 4.79 Å². The highest BCUT2D eigenvalue weighted by atomic mass is 32.1. The van der Waals surface area contributed by atoms with Gasteiger partial charge >= 0.3 is 6.03 Å². The molecule has 2 amide bonds. The van der Waals surface area contributed by atoms with Crippen molar-refractivity contribution in [1.82, 2.24) is 20.1 Å². The van der Waals surface area contributed by atoms with E-state index in [2.05, 4.69) is 20.7 Å². The predicted octanol–water partition coefficient (Wildman–Crippen LogP) is 3.76. The summed E-state index contributed by atoms with van der Waals surface area (Å²) in [5.41, 5.74) is 0.341. The molecule has 0 fully saturated rings. The number of carbonyl (C=O) groups is 1. The minimum absolute atomic E-state index is 0.0952. The van der Waals surface area contributed by atoms with E-state index in [0.717, 1.165) is 15.2 Å². The Morgan fingerprint density at radius 3 is 2.85 bits per heavy atom. The van der Waals surface area contributed by atoms with Gasteiger partial charge in [-0.25, -0.2) is 9.78 Å². The van der Waals surface area contributed by atoms with Gasteiger partial charge in [-0.15, -0.1) is 11.3 Å². The quantitative estimate of drug-likeness (QED) is 0.689. The number of urea groups is 1. The molecule has 0 saturated heterocycles. The summed E-state index contributed by atoms with van der Waals surface area (Å²) in [4.78, 5) is 17.0. The molecule has 0 aliphatic rings. The molecule has 2 heterocycles. The number of thiazole rings is 1. The number of benzene rings is 1. The van der Waals surface area contributed by atoms with Crippen molar-refractivity contribution in [2.45, 2.75) is 32.4 Å². The molecule has 0 spiro atoms. The number of hydrogen-bond donors (Lipinski definition) is 2. The van der Waals surface area contributed by atoms with Crippen LogP contribution in [-0.4, -0.2) is 34.5 Å². The van der Waals surface area contributed by atoms with E-state index in [1.807, 2.05) is 51.2 Å². The summed E-state index contributed by atoms with van der Waals surface area (Å²) in [6, 6.07) is 9.48. The van der Waals surface area contributed by atoms with Gasteiger partial charge in [0.05, 0.1) is 28.4 Å². The maximum atomic E-state index is 12.4. The largest absolute Gasteiger partial charge is 0.382 e. The third-order valence-electron chi connectivity index (χ3n) is 3.96. The van der Waals surface area contributed by atoms with Gasteiger partial charge in [0.1, 0.15) is 5.01 Å². The summed E-state index contributed by atoms with van der Waals surface area (Å²) >= 11 is 1.58. The summed E-state index contributed by atoms with van der Waals surface area (Å²) < 4.78 is 7.98. The van der Waals surface area contributed by atoms with Gasteiger partial charge in [0.25, 0.3) is 0 Å². The van der Waals surface area contributed by atoms with Gasteiger partial charge in [0.15, 0.2) is 5.82 Å². The molecule has 2 aromatic heterocycles. The van der Waals surface area contributed by atoms with Crippen LogP contribution in [0, 0.1) is 0 Å². The summed E-state index contributed by atoms with van der Waals surface area (Å²) in [5, 5.41) is 11.0. The highest BCUT2D eigenvalue weighted by molar-refractivity contribution is 7.18. The van der Waals surface area contributed by atoms with E-state index >= 15 is 0 Å². The number of nitrogens with zero attached hydrogens (tertiary/aromatic N) is 3. The highest BCUT2D eigenvalue weighted by Gasteiger charge is 2.27. The number of aromatic nitrogens is 3. The molecule has 3 rings (SSSR count). The van der Waals surface area contributed by atoms with Crippen molar-refractivity contribution in [2.24, 2.45) is 0 Å². The van der Waals surface area contributed by atoms with E-state index in [4.69, 9.17) is 4.74 Å². The topological polar surface area (TPSA) is 81.1 Å². The van der Waals surface area contributed by atoms with E-state index < -0.39 is 5.54 Å². The molecule has 3 aromatic rings. The Labute approximate surface area is 156 Å². The van der Waals surface area contributed by atoms with Crippen LogP contribution in [0.5, 0.6) is 0 Å². The van der Waals surface area contributed by atoms with Crippen molar-refractivity contribution in [3.05, 3.63) is 41.5 Å². The van der Waals surface area contributed by atoms with Crippen molar-refractivity contribution in [3.63, 3.8) is 0 Å². The molecule has 138 valence electrons. The summed E-state index contributed by atoms with van der Waals surface area (Å²) in [6.07, 6.45) is 1.82. The number of para-hydroxylation sites is 1. The van der Waals surface area contributed by atoms with Gasteiger partial charge in [0, 0.05) is 19.4 Å². The molecule has 2 N–H and O–H groups in total. The number of nitrogens with one attached hydrogen (secondary N) is 2. The Morgan fingerprint density at radius 1 is 1.35 bits per heavy atom. The number of fused-ring (bicyclic) bond motifs is 1. The van der Waals surface area contributed by atoms with Gasteiger partial charge in [-0.1, -0.05) is 12.1 Å². The van der Waals surface area contributed by atoms with Crippen molar-refractivity contribution in [3.8, 4) is 0 Å². The average molecular weight is 373 g/mol. The first-order valence-corrected chi connectivity index (χ1v) is 9.20. The normalized spacial score (nSPS) is 12.9. The Balaban J connectivity index is 1.66. The lowest BCUT2D eigenvalue weighted by atomic mass is 10.1. The van der Waals surface area contributed by atoms with Crippen LogP contribution in [0.3, 0.4) is 0 Å². The first-order valence-electron chi connectivity index (χ1n) is 8.38. The standard InChI is InChI=1S/C18H23N5O2S/c1-12(11-25-4)23-10-9-15(22-23)20-17(24)21-18(2,3)16-19-13-7-5-6-8-14(13)26-16/h5-10,12H,11H2,1-4H3,(H2,20,21,22,24)/t12-/m0/s1. The van der Waals surface area contributed by atoms with Crippen LogP contribution in [0.2, 0.25) is 0 Å². The zero-order valence-electron chi connectivity index (χ0n) is 15.3. The maximum Gasteiger partial charge on any atom is 0.321 e. The molecule has 26 heavy (non-hydrogen) atoms. The fraction of sp³-hybridized carbons (Fsp3) is 0.389. The number of carbonyl (C=O) groups excluding carboxylic acids is 1. The Morgan fingerprint density at radius 2 is 2.12 bits per heavy atom. The number of amides is 2. The third kappa shape index (κ3) is 4.03. The molecule has 0 aliphatic heterocycles. The minimum Gasteiger partial charge on any atom is -0.382 e. The first kappa shape index (κ1) is 18.3. The molecule has 0 saturated carbocycles. The first-order chi connectivity index (χ1) is 12.4. The number of anilines is 1. The molecule has 0 aliphatic carbocycles. The van der Waals surface area contributed by atoms with Crippen LogP contribution in [0.15, 0.2) is 36.5 Å². The van der Waals surface area contributed by atoms with Crippen LogP contribution < -0.4 is 10.6 Å². The monoisotopic (exact) mass is 373 g/mol. The van der Waals surface area contributed by atoms with Crippen LogP contribution >= 0.6 is 11.3 Å². The highest BCUT2D eigenvalue weighted by Crippen LogP contribution is 2.29. The molecule has 0 radical (unpaired) electrons. The van der Waals surface area contributed by atoms with Crippen LogP contribution in [0.1, 0.15) is 31.8 Å². The van der Waals surface area contributed by atoms with E-state index in [1.54, 1.807) is 29.2 Å². The number of ether oxygens (including phenoxy) is 1. The summed E-state index contributed by atoms with van der Waals surface area (Å²) in [5.74, 6) is 0.491. The molecule has 7 nitrogen and oxygen atoms in total. The summed E-state index contributed by atoms with van der Waals surface area (Å²) in [7, 11) is 1.65. The van der Waals surface area contributed by atoms with E-state index in [1.165, 1.54) is 0 Å². The molecule has 8 heteroatoms. The van der Waals surface area contributed by atoms with Crippen LogP contribution in [0.4, 0.5) is 10.6 Å².